The van der Waals surface area contributed by atoms with E-state index in [0.717, 1.165) is 0 Å². The summed E-state index contributed by atoms with van der Waals surface area (Å²) in [5, 5.41) is -0.491. The Morgan fingerprint density at radius 1 is 1.00 bits per heavy atom. The van der Waals surface area contributed by atoms with Crippen LogP contribution in [0.15, 0.2) is 23.1 Å². The van der Waals surface area contributed by atoms with Gasteiger partial charge in [-0.3, -0.25) is 4.72 Å². The molecule has 0 radical (unpaired) electrons. The Morgan fingerprint density at radius 3 is 2.10 bits per heavy atom. The van der Waals surface area contributed by atoms with Crippen LogP contribution in [0.1, 0.15) is 0 Å². The predicted molar refractivity (Wildman–Crippen MR) is 83.7 cm³/mol. The third kappa shape index (κ3) is 3.81. The molecule has 2 aromatic rings. The lowest BCUT2D eigenvalue weighted by Crippen LogP contribution is -2.15. The smallest absolute Gasteiger partial charge is 0.266 e. The van der Waals surface area contributed by atoms with Gasteiger partial charge in [-0.1, -0.05) is 34.8 Å². The highest BCUT2D eigenvalue weighted by atomic mass is 35.5. The number of nitrogens with zero attached hydrogens (tertiary/aromatic N) is 2. The molecule has 2 rings (SSSR count). The topological polar surface area (TPSA) is 98.0 Å². The van der Waals surface area contributed by atoms with Crippen LogP contribution < -0.4 is 10.5 Å². The van der Waals surface area contributed by atoms with Crippen LogP contribution in [-0.2, 0) is 10.0 Å². The van der Waals surface area contributed by atoms with Crippen LogP contribution in [-0.4, -0.2) is 18.4 Å². The van der Waals surface area contributed by atoms with Crippen molar-refractivity contribution < 1.29 is 8.42 Å². The van der Waals surface area contributed by atoms with Crippen molar-refractivity contribution in [1.82, 2.24) is 9.97 Å². The Balaban J connectivity index is 2.48. The minimum Gasteiger partial charge on any atom is -0.399 e. The number of sulfonamides is 1. The number of halogens is 4. The molecule has 0 aliphatic rings. The van der Waals surface area contributed by atoms with Gasteiger partial charge in [0.15, 0.2) is 0 Å². The zero-order chi connectivity index (χ0) is 15.8. The van der Waals surface area contributed by atoms with Crippen LogP contribution in [0.3, 0.4) is 0 Å². The van der Waals surface area contributed by atoms with E-state index in [2.05, 4.69) is 14.7 Å². The molecular formula is C10H6Cl4N4O2S. The molecule has 6 nitrogen and oxygen atoms in total. The van der Waals surface area contributed by atoms with Crippen molar-refractivity contribution in [3.05, 3.63) is 38.7 Å². The molecular weight excluding hydrogens is 382 g/mol. The summed E-state index contributed by atoms with van der Waals surface area (Å²) in [5.74, 6) is -0.121. The quantitative estimate of drug-likeness (QED) is 0.477. The summed E-state index contributed by atoms with van der Waals surface area (Å²) in [6, 6.07) is 3.72. The van der Waals surface area contributed by atoms with E-state index in [1.807, 2.05) is 0 Å². The lowest BCUT2D eigenvalue weighted by Gasteiger charge is -2.11. The second-order valence-electron chi connectivity index (χ2n) is 3.76. The zero-order valence-corrected chi connectivity index (χ0v) is 13.8. The molecule has 0 aliphatic heterocycles. The molecule has 0 saturated heterocycles. The fourth-order valence-corrected chi connectivity index (χ4v) is 4.10. The van der Waals surface area contributed by atoms with E-state index >= 15 is 0 Å². The Bertz CT molecular complexity index is 769. The van der Waals surface area contributed by atoms with Crippen molar-refractivity contribution in [3.8, 4) is 0 Å². The van der Waals surface area contributed by atoms with Crippen LogP contribution in [0.2, 0.25) is 20.5 Å². The third-order valence-corrected chi connectivity index (χ3v) is 4.83. The molecule has 1 aromatic heterocycles. The number of nitrogens with two attached hydrogens (primary N) is 1. The summed E-state index contributed by atoms with van der Waals surface area (Å²) in [7, 11) is -4.10. The second-order valence-corrected chi connectivity index (χ2v) is 6.92. The number of benzene rings is 1. The van der Waals surface area contributed by atoms with Gasteiger partial charge in [-0.2, -0.15) is 4.98 Å². The maximum atomic E-state index is 12.3. The van der Waals surface area contributed by atoms with Crippen LogP contribution in [0.25, 0.3) is 0 Å². The average Bonchev–Trinajstić information content (AvgIpc) is 2.23. The van der Waals surface area contributed by atoms with Gasteiger partial charge in [-0.15, -0.1) is 0 Å². The molecule has 3 N–H and O–H groups in total. The minimum atomic E-state index is -4.10. The van der Waals surface area contributed by atoms with E-state index in [0.29, 0.717) is 0 Å². The summed E-state index contributed by atoms with van der Waals surface area (Å²) in [6.07, 6.45) is 0. The van der Waals surface area contributed by atoms with Gasteiger partial charge in [0.1, 0.15) is 15.9 Å². The van der Waals surface area contributed by atoms with E-state index < -0.39 is 10.0 Å². The summed E-state index contributed by atoms with van der Waals surface area (Å²) in [4.78, 5) is 6.96. The predicted octanol–water partition coefficient (Wildman–Crippen LogP) is 3.47. The number of aromatic nitrogens is 2. The molecule has 0 saturated carbocycles. The molecule has 0 aliphatic carbocycles. The lowest BCUT2D eigenvalue weighted by molar-refractivity contribution is 0.601. The molecule has 0 unspecified atom stereocenters. The molecule has 0 amide bonds. The molecule has 112 valence electrons. The molecule has 1 heterocycles. The summed E-state index contributed by atoms with van der Waals surface area (Å²) < 4.78 is 26.8. The van der Waals surface area contributed by atoms with Gasteiger partial charge < -0.3 is 5.73 Å². The third-order valence-electron chi connectivity index (χ3n) is 2.20. The standard InChI is InChI=1S/C10H6Cl4N4O2S/c11-5-1-4(15)2-6(12)9(5)21(19,20)18-8-3-7(13)16-10(14)17-8/h1-3H,15H2,(H,16,17,18). The average molecular weight is 388 g/mol. The van der Waals surface area contributed by atoms with E-state index in [1.54, 1.807) is 0 Å². The highest BCUT2D eigenvalue weighted by Crippen LogP contribution is 2.33. The molecule has 0 spiro atoms. The number of rotatable bonds is 3. The first kappa shape index (κ1) is 16.4. The van der Waals surface area contributed by atoms with Gasteiger partial charge in [0.25, 0.3) is 10.0 Å². The number of anilines is 2. The summed E-state index contributed by atoms with van der Waals surface area (Å²) in [6.45, 7) is 0. The van der Waals surface area contributed by atoms with Gasteiger partial charge in [0.05, 0.1) is 10.0 Å². The first-order valence-electron chi connectivity index (χ1n) is 5.16. The number of hydrogen-bond acceptors (Lipinski definition) is 5. The van der Waals surface area contributed by atoms with E-state index in [1.165, 1.54) is 18.2 Å². The molecule has 11 heteroatoms. The monoisotopic (exact) mass is 386 g/mol. The van der Waals surface area contributed by atoms with Gasteiger partial charge in [0, 0.05) is 11.8 Å². The number of nitrogen functional groups attached to an aromatic ring is 1. The first-order chi connectivity index (χ1) is 9.69. The van der Waals surface area contributed by atoms with Crippen molar-refractivity contribution in [2.75, 3.05) is 10.5 Å². The largest absolute Gasteiger partial charge is 0.399 e. The van der Waals surface area contributed by atoms with E-state index in [-0.39, 0.29) is 36.9 Å². The highest BCUT2D eigenvalue weighted by Gasteiger charge is 2.23. The van der Waals surface area contributed by atoms with Gasteiger partial charge in [0.2, 0.25) is 5.28 Å². The van der Waals surface area contributed by atoms with Crippen LogP contribution >= 0.6 is 46.4 Å². The fourth-order valence-electron chi connectivity index (χ4n) is 1.47. The number of nitrogens with one attached hydrogen (secondary N) is 1. The van der Waals surface area contributed by atoms with Crippen molar-refractivity contribution in [3.63, 3.8) is 0 Å². The van der Waals surface area contributed by atoms with Crippen LogP contribution in [0.5, 0.6) is 0 Å². The normalized spacial score (nSPS) is 11.4. The fraction of sp³-hybridized carbons (Fsp3) is 0. The van der Waals surface area contributed by atoms with Gasteiger partial charge in [-0.25, -0.2) is 13.4 Å². The summed E-state index contributed by atoms with van der Waals surface area (Å²) >= 11 is 23.0. The van der Waals surface area contributed by atoms with Crippen LogP contribution in [0, 0.1) is 0 Å². The van der Waals surface area contributed by atoms with Crippen molar-refractivity contribution in [1.29, 1.82) is 0 Å². The Labute approximate surface area is 140 Å². The molecule has 0 fully saturated rings. The molecule has 1 aromatic carbocycles. The molecule has 21 heavy (non-hydrogen) atoms. The van der Waals surface area contributed by atoms with Crippen LogP contribution in [0.4, 0.5) is 11.5 Å². The Kier molecular flexibility index (Phi) is 4.69. The summed E-state index contributed by atoms with van der Waals surface area (Å²) in [5.41, 5.74) is 5.76. The van der Waals surface area contributed by atoms with E-state index in [9.17, 15) is 8.42 Å². The SMILES string of the molecule is Nc1cc(Cl)c(S(=O)(=O)Nc2cc(Cl)nc(Cl)n2)c(Cl)c1. The van der Waals surface area contributed by atoms with E-state index in [4.69, 9.17) is 52.1 Å². The van der Waals surface area contributed by atoms with Crippen molar-refractivity contribution in [2.24, 2.45) is 0 Å². The Hall–Kier alpha value is -0.990. The molecule has 0 bridgehead atoms. The first-order valence-corrected chi connectivity index (χ1v) is 8.16. The maximum absolute atomic E-state index is 12.3. The second kappa shape index (κ2) is 6.02. The zero-order valence-electron chi connectivity index (χ0n) is 9.94. The van der Waals surface area contributed by atoms with Crippen molar-refractivity contribution >= 4 is 67.9 Å². The minimum absolute atomic E-state index is 0.0257. The lowest BCUT2D eigenvalue weighted by atomic mass is 10.3. The highest BCUT2D eigenvalue weighted by molar-refractivity contribution is 7.93. The number of hydrogen-bond donors (Lipinski definition) is 2. The van der Waals surface area contributed by atoms with Gasteiger partial charge >= 0.3 is 0 Å². The maximum Gasteiger partial charge on any atom is 0.266 e. The Morgan fingerprint density at radius 2 is 1.57 bits per heavy atom. The molecule has 0 atom stereocenters. The van der Waals surface area contributed by atoms with Crippen molar-refractivity contribution in [2.45, 2.75) is 4.90 Å². The van der Waals surface area contributed by atoms with Gasteiger partial charge in [-0.05, 0) is 23.7 Å².